The number of nitrogens with one attached hydrogen (secondary N) is 1. The van der Waals surface area contributed by atoms with E-state index in [2.05, 4.69) is 39.5 Å². The Hall–Kier alpha value is -2.95. The molecule has 0 saturated carbocycles. The van der Waals surface area contributed by atoms with Gasteiger partial charge in [-0.1, -0.05) is 18.2 Å². The molecule has 0 bridgehead atoms. The maximum absolute atomic E-state index is 12.4. The third-order valence-corrected chi connectivity index (χ3v) is 5.68. The quantitative estimate of drug-likeness (QED) is 0.753. The van der Waals surface area contributed by atoms with Gasteiger partial charge in [0, 0.05) is 36.9 Å². The molecule has 1 aliphatic rings. The third kappa shape index (κ3) is 3.98. The van der Waals surface area contributed by atoms with Crippen molar-refractivity contribution in [2.75, 3.05) is 24.5 Å². The molecule has 0 radical (unpaired) electrons. The first-order valence-corrected chi connectivity index (χ1v) is 9.92. The van der Waals surface area contributed by atoms with Crippen LogP contribution in [0.3, 0.4) is 0 Å². The number of fused-ring (bicyclic) bond motifs is 1. The maximum atomic E-state index is 12.4. The van der Waals surface area contributed by atoms with Crippen molar-refractivity contribution in [1.82, 2.24) is 15.3 Å². The number of pyridine rings is 2. The van der Waals surface area contributed by atoms with Crippen LogP contribution in [0.2, 0.25) is 0 Å². The molecule has 1 aliphatic heterocycles. The van der Waals surface area contributed by atoms with Crippen LogP contribution in [0.15, 0.2) is 48.7 Å². The van der Waals surface area contributed by atoms with Crippen LogP contribution >= 0.6 is 0 Å². The molecule has 1 saturated heterocycles. The smallest absolute Gasteiger partial charge is 0.252 e. The number of hydrogen-bond acceptors (Lipinski definition) is 4. The first-order chi connectivity index (χ1) is 13.6. The molecule has 1 fully saturated rings. The van der Waals surface area contributed by atoms with Gasteiger partial charge in [0.1, 0.15) is 5.82 Å². The van der Waals surface area contributed by atoms with Crippen molar-refractivity contribution in [3.05, 3.63) is 65.5 Å². The minimum Gasteiger partial charge on any atom is -0.357 e. The van der Waals surface area contributed by atoms with Gasteiger partial charge < -0.3 is 10.2 Å². The fraction of sp³-hybridized carbons (Fsp3) is 0.348. The third-order valence-electron chi connectivity index (χ3n) is 5.68. The Morgan fingerprint density at radius 2 is 1.93 bits per heavy atom. The number of nitrogens with zero attached hydrogens (tertiary/aromatic N) is 3. The van der Waals surface area contributed by atoms with E-state index in [-0.39, 0.29) is 5.91 Å². The Bertz CT molecular complexity index is 993. The minimum absolute atomic E-state index is 0.0331. The number of carbonyl (C=O) groups excluding carboxylic acids is 1. The summed E-state index contributed by atoms with van der Waals surface area (Å²) in [4.78, 5) is 23.8. The van der Waals surface area contributed by atoms with Crippen molar-refractivity contribution < 1.29 is 4.79 Å². The van der Waals surface area contributed by atoms with Crippen molar-refractivity contribution >= 4 is 22.6 Å². The summed E-state index contributed by atoms with van der Waals surface area (Å²) in [5, 5.41) is 4.25. The second-order valence-corrected chi connectivity index (χ2v) is 7.63. The molecule has 144 valence electrons. The van der Waals surface area contributed by atoms with Gasteiger partial charge in [0.15, 0.2) is 0 Å². The standard InChI is InChI=1S/C23H26N4O/c1-16-13-20(15-24-17(16)2)23(28)25-14-18-9-11-27(12-10-18)22-8-7-19-5-3-4-6-21(19)26-22/h3-8,13,15,18H,9-12,14H2,1-2H3,(H,25,28). The number of aromatic nitrogens is 2. The Balaban J connectivity index is 1.31. The van der Waals surface area contributed by atoms with E-state index < -0.39 is 0 Å². The summed E-state index contributed by atoms with van der Waals surface area (Å²) >= 11 is 0. The van der Waals surface area contributed by atoms with Gasteiger partial charge in [0.25, 0.3) is 5.91 Å². The fourth-order valence-electron chi connectivity index (χ4n) is 3.70. The van der Waals surface area contributed by atoms with E-state index in [1.807, 2.05) is 32.0 Å². The molecule has 5 nitrogen and oxygen atoms in total. The second kappa shape index (κ2) is 7.97. The Morgan fingerprint density at radius 3 is 2.71 bits per heavy atom. The molecule has 1 N–H and O–H groups in total. The van der Waals surface area contributed by atoms with Gasteiger partial charge in [-0.05, 0) is 62.4 Å². The molecule has 0 aliphatic carbocycles. The van der Waals surface area contributed by atoms with Crippen molar-refractivity contribution in [1.29, 1.82) is 0 Å². The van der Waals surface area contributed by atoms with Gasteiger partial charge in [-0.3, -0.25) is 9.78 Å². The molecule has 2 aromatic heterocycles. The molecule has 0 atom stereocenters. The molecule has 4 rings (SSSR count). The number of benzene rings is 1. The largest absolute Gasteiger partial charge is 0.357 e. The van der Waals surface area contributed by atoms with Crippen molar-refractivity contribution in [3.8, 4) is 0 Å². The molecule has 0 unspecified atom stereocenters. The molecular formula is C23H26N4O. The van der Waals surface area contributed by atoms with E-state index in [1.165, 1.54) is 5.39 Å². The highest BCUT2D eigenvalue weighted by molar-refractivity contribution is 5.94. The van der Waals surface area contributed by atoms with Crippen LogP contribution in [0.4, 0.5) is 5.82 Å². The minimum atomic E-state index is -0.0331. The summed E-state index contributed by atoms with van der Waals surface area (Å²) in [6, 6.07) is 14.4. The zero-order valence-corrected chi connectivity index (χ0v) is 16.5. The highest BCUT2D eigenvalue weighted by Crippen LogP contribution is 2.23. The predicted molar refractivity (Wildman–Crippen MR) is 113 cm³/mol. The van der Waals surface area contributed by atoms with Crippen LogP contribution in [0, 0.1) is 19.8 Å². The van der Waals surface area contributed by atoms with Gasteiger partial charge >= 0.3 is 0 Å². The normalized spacial score (nSPS) is 15.0. The van der Waals surface area contributed by atoms with E-state index in [1.54, 1.807) is 6.20 Å². The SMILES string of the molecule is Cc1cc(C(=O)NCC2CCN(c3ccc4ccccc4n3)CC2)cnc1C. The van der Waals surface area contributed by atoms with E-state index >= 15 is 0 Å². The number of piperidine rings is 1. The summed E-state index contributed by atoms with van der Waals surface area (Å²) in [6.07, 6.45) is 3.77. The highest BCUT2D eigenvalue weighted by atomic mass is 16.1. The number of aryl methyl sites for hydroxylation is 2. The molecule has 28 heavy (non-hydrogen) atoms. The van der Waals surface area contributed by atoms with Crippen LogP contribution in [-0.4, -0.2) is 35.5 Å². The lowest BCUT2D eigenvalue weighted by Crippen LogP contribution is -2.39. The molecule has 1 amide bonds. The van der Waals surface area contributed by atoms with Gasteiger partial charge in [0.05, 0.1) is 11.1 Å². The van der Waals surface area contributed by atoms with Crippen LogP contribution in [0.25, 0.3) is 10.9 Å². The first kappa shape index (κ1) is 18.4. The number of carbonyl (C=O) groups is 1. The van der Waals surface area contributed by atoms with Crippen LogP contribution in [0.1, 0.15) is 34.5 Å². The van der Waals surface area contributed by atoms with Crippen molar-refractivity contribution in [2.24, 2.45) is 5.92 Å². The summed E-state index contributed by atoms with van der Waals surface area (Å²) in [5.41, 5.74) is 3.69. The number of rotatable bonds is 4. The molecule has 1 aromatic carbocycles. The Kier molecular flexibility index (Phi) is 5.24. The van der Waals surface area contributed by atoms with E-state index in [9.17, 15) is 4.79 Å². The van der Waals surface area contributed by atoms with Gasteiger partial charge in [0.2, 0.25) is 0 Å². The first-order valence-electron chi connectivity index (χ1n) is 9.92. The topological polar surface area (TPSA) is 58.1 Å². The molecule has 3 aromatic rings. The lowest BCUT2D eigenvalue weighted by atomic mass is 9.96. The number of anilines is 1. The van der Waals surface area contributed by atoms with Crippen molar-refractivity contribution in [3.63, 3.8) is 0 Å². The molecule has 3 heterocycles. The average Bonchev–Trinajstić information content (AvgIpc) is 2.74. The van der Waals surface area contributed by atoms with Crippen LogP contribution in [0.5, 0.6) is 0 Å². The zero-order chi connectivity index (χ0) is 19.5. The second-order valence-electron chi connectivity index (χ2n) is 7.63. The molecule has 0 spiro atoms. The summed E-state index contributed by atoms with van der Waals surface area (Å²) in [6.45, 7) is 6.59. The van der Waals surface area contributed by atoms with Crippen LogP contribution < -0.4 is 10.2 Å². The van der Waals surface area contributed by atoms with Gasteiger partial charge in [-0.15, -0.1) is 0 Å². The predicted octanol–water partition coefficient (Wildman–Crippen LogP) is 3.89. The van der Waals surface area contributed by atoms with E-state index in [4.69, 9.17) is 4.98 Å². The Morgan fingerprint density at radius 1 is 1.14 bits per heavy atom. The molecular weight excluding hydrogens is 348 g/mol. The summed E-state index contributed by atoms with van der Waals surface area (Å²) in [7, 11) is 0. The van der Waals surface area contributed by atoms with Crippen LogP contribution in [-0.2, 0) is 0 Å². The van der Waals surface area contributed by atoms with Crippen molar-refractivity contribution in [2.45, 2.75) is 26.7 Å². The summed E-state index contributed by atoms with van der Waals surface area (Å²) in [5.74, 6) is 1.51. The van der Waals surface area contributed by atoms with Gasteiger partial charge in [-0.25, -0.2) is 4.98 Å². The Labute approximate surface area is 165 Å². The molecule has 5 heteroatoms. The zero-order valence-electron chi connectivity index (χ0n) is 16.5. The number of hydrogen-bond donors (Lipinski definition) is 1. The number of amides is 1. The lowest BCUT2D eigenvalue weighted by molar-refractivity contribution is 0.0944. The maximum Gasteiger partial charge on any atom is 0.252 e. The highest BCUT2D eigenvalue weighted by Gasteiger charge is 2.21. The lowest BCUT2D eigenvalue weighted by Gasteiger charge is -2.33. The monoisotopic (exact) mass is 374 g/mol. The van der Waals surface area contributed by atoms with Gasteiger partial charge in [-0.2, -0.15) is 0 Å². The van der Waals surface area contributed by atoms with E-state index in [0.717, 1.165) is 48.5 Å². The summed E-state index contributed by atoms with van der Waals surface area (Å²) < 4.78 is 0. The number of para-hydroxylation sites is 1. The average molecular weight is 374 g/mol. The fourth-order valence-corrected chi connectivity index (χ4v) is 3.70. The van der Waals surface area contributed by atoms with E-state index in [0.29, 0.717) is 18.0 Å².